The second kappa shape index (κ2) is 7.46. The van der Waals surface area contributed by atoms with Crippen LogP contribution in [0.25, 0.3) is 0 Å². The van der Waals surface area contributed by atoms with Gasteiger partial charge in [-0.2, -0.15) is 0 Å². The lowest BCUT2D eigenvalue weighted by Crippen LogP contribution is -2.46. The zero-order chi connectivity index (χ0) is 14.3. The fraction of sp³-hybridized carbons (Fsp3) is 0.600. The molecule has 1 aromatic rings. The smallest absolute Gasteiger partial charge is 0.129 e. The van der Waals surface area contributed by atoms with Crippen LogP contribution in [0.1, 0.15) is 31.7 Å². The van der Waals surface area contributed by atoms with Gasteiger partial charge in [-0.25, -0.2) is 4.39 Å². The largest absolute Gasteiger partial charge is 0.493 e. The highest BCUT2D eigenvalue weighted by molar-refractivity contribution is 5.27. The van der Waals surface area contributed by atoms with E-state index < -0.39 is 0 Å². The maximum absolute atomic E-state index is 13.3. The van der Waals surface area contributed by atoms with Crippen LogP contribution in [-0.2, 0) is 0 Å². The minimum atomic E-state index is -0.244. The van der Waals surface area contributed by atoms with Crippen molar-refractivity contribution < 1.29 is 14.2 Å². The molecule has 0 fully saturated rings. The maximum Gasteiger partial charge on any atom is 0.129 e. The quantitative estimate of drug-likeness (QED) is 0.713. The summed E-state index contributed by atoms with van der Waals surface area (Å²) in [5.74, 6) is 0.310. The van der Waals surface area contributed by atoms with Crippen molar-refractivity contribution in [1.29, 1.82) is 0 Å². The molecule has 0 amide bonds. The number of aliphatic hydroxyl groups excluding tert-OH is 1. The first kappa shape index (κ1) is 15.9. The van der Waals surface area contributed by atoms with E-state index in [2.05, 4.69) is 5.32 Å². The van der Waals surface area contributed by atoms with Crippen LogP contribution in [0.4, 0.5) is 4.39 Å². The van der Waals surface area contributed by atoms with Crippen molar-refractivity contribution in [3.63, 3.8) is 0 Å². The Balaban J connectivity index is 2.40. The Morgan fingerprint density at radius 1 is 1.42 bits per heavy atom. The van der Waals surface area contributed by atoms with Crippen molar-refractivity contribution in [2.24, 2.45) is 0 Å². The van der Waals surface area contributed by atoms with Crippen LogP contribution in [0.3, 0.4) is 0 Å². The summed E-state index contributed by atoms with van der Waals surface area (Å²) in [6.07, 6.45) is 2.49. The second-order valence-corrected chi connectivity index (χ2v) is 4.91. The van der Waals surface area contributed by atoms with Crippen LogP contribution < -0.4 is 10.1 Å². The van der Waals surface area contributed by atoms with Crippen molar-refractivity contribution in [2.45, 2.75) is 38.6 Å². The van der Waals surface area contributed by atoms with Crippen molar-refractivity contribution in [1.82, 2.24) is 5.32 Å². The molecule has 0 aliphatic rings. The Labute approximate surface area is 114 Å². The molecule has 1 aromatic carbocycles. The molecule has 1 rings (SSSR count). The van der Waals surface area contributed by atoms with E-state index in [1.54, 1.807) is 19.1 Å². The predicted molar refractivity (Wildman–Crippen MR) is 75.0 cm³/mol. The Bertz CT molecular complexity index is 383. The van der Waals surface area contributed by atoms with Gasteiger partial charge in [-0.15, -0.1) is 0 Å². The lowest BCUT2D eigenvalue weighted by atomic mass is 9.92. The molecule has 1 atom stereocenters. The third kappa shape index (κ3) is 4.48. The first-order valence-corrected chi connectivity index (χ1v) is 6.75. The van der Waals surface area contributed by atoms with Crippen molar-refractivity contribution in [2.75, 3.05) is 20.3 Å². The number of aryl methyl sites for hydroxylation is 1. The van der Waals surface area contributed by atoms with Gasteiger partial charge in [-0.3, -0.25) is 0 Å². The van der Waals surface area contributed by atoms with Gasteiger partial charge in [0.25, 0.3) is 0 Å². The number of hydrogen-bond acceptors (Lipinski definition) is 3. The average molecular weight is 269 g/mol. The highest BCUT2D eigenvalue weighted by Crippen LogP contribution is 2.19. The maximum atomic E-state index is 13.3. The Morgan fingerprint density at radius 3 is 2.68 bits per heavy atom. The molecule has 0 saturated heterocycles. The fourth-order valence-corrected chi connectivity index (χ4v) is 2.01. The second-order valence-electron chi connectivity index (χ2n) is 4.91. The summed E-state index contributed by atoms with van der Waals surface area (Å²) < 4.78 is 18.8. The summed E-state index contributed by atoms with van der Waals surface area (Å²) in [5, 5.41) is 12.6. The van der Waals surface area contributed by atoms with Gasteiger partial charge in [0.2, 0.25) is 0 Å². The Hall–Kier alpha value is -1.13. The molecule has 0 bridgehead atoms. The summed E-state index contributed by atoms with van der Waals surface area (Å²) in [4.78, 5) is 0. The third-order valence-corrected chi connectivity index (χ3v) is 3.72. The Kier molecular flexibility index (Phi) is 6.25. The Morgan fingerprint density at radius 2 is 2.16 bits per heavy atom. The molecule has 0 aromatic heterocycles. The van der Waals surface area contributed by atoms with Crippen molar-refractivity contribution in [3.8, 4) is 5.75 Å². The van der Waals surface area contributed by atoms with Crippen LogP contribution >= 0.6 is 0 Å². The van der Waals surface area contributed by atoms with Gasteiger partial charge in [0.05, 0.1) is 13.2 Å². The SMILES string of the molecule is CCC(CO)(CCCOc1ccc(C)c(F)c1)NC. The van der Waals surface area contributed by atoms with Gasteiger partial charge in [-0.1, -0.05) is 13.0 Å². The number of ether oxygens (including phenoxy) is 1. The lowest BCUT2D eigenvalue weighted by Gasteiger charge is -2.30. The predicted octanol–water partition coefficient (Wildman–Crippen LogP) is 2.65. The van der Waals surface area contributed by atoms with Crippen LogP contribution in [0, 0.1) is 12.7 Å². The molecule has 3 nitrogen and oxygen atoms in total. The van der Waals surface area contributed by atoms with E-state index in [4.69, 9.17) is 4.74 Å². The molecular formula is C15H24FNO2. The monoisotopic (exact) mass is 269 g/mol. The lowest BCUT2D eigenvalue weighted by molar-refractivity contribution is 0.145. The number of hydrogen-bond donors (Lipinski definition) is 2. The van der Waals surface area contributed by atoms with E-state index >= 15 is 0 Å². The number of halogens is 1. The van der Waals surface area contributed by atoms with E-state index in [1.807, 2.05) is 14.0 Å². The summed E-state index contributed by atoms with van der Waals surface area (Å²) in [5.41, 5.74) is 0.384. The zero-order valence-electron chi connectivity index (χ0n) is 12.0. The van der Waals surface area contributed by atoms with Gasteiger partial charge in [0.15, 0.2) is 0 Å². The van der Waals surface area contributed by atoms with E-state index in [-0.39, 0.29) is 18.0 Å². The van der Waals surface area contributed by atoms with Crippen LogP contribution in [0.2, 0.25) is 0 Å². The summed E-state index contributed by atoms with van der Waals surface area (Å²) >= 11 is 0. The number of nitrogens with one attached hydrogen (secondary N) is 1. The summed E-state index contributed by atoms with van der Waals surface area (Å²) in [6.45, 7) is 4.40. The highest BCUT2D eigenvalue weighted by Gasteiger charge is 2.24. The molecule has 19 heavy (non-hydrogen) atoms. The van der Waals surface area contributed by atoms with Crippen molar-refractivity contribution >= 4 is 0 Å². The first-order valence-electron chi connectivity index (χ1n) is 6.75. The van der Waals surface area contributed by atoms with Crippen molar-refractivity contribution in [3.05, 3.63) is 29.6 Å². The number of rotatable bonds is 8. The normalized spacial score (nSPS) is 14.2. The van der Waals surface area contributed by atoms with Gasteiger partial charge in [0, 0.05) is 11.6 Å². The van der Waals surface area contributed by atoms with Gasteiger partial charge >= 0.3 is 0 Å². The third-order valence-electron chi connectivity index (χ3n) is 3.72. The van der Waals surface area contributed by atoms with Crippen LogP contribution in [-0.4, -0.2) is 30.9 Å². The molecule has 0 aliphatic heterocycles. The minimum Gasteiger partial charge on any atom is -0.493 e. The molecule has 0 saturated carbocycles. The summed E-state index contributed by atoms with van der Waals surface area (Å²) in [6, 6.07) is 4.89. The fourth-order valence-electron chi connectivity index (χ4n) is 2.01. The summed E-state index contributed by atoms with van der Waals surface area (Å²) in [7, 11) is 1.86. The van der Waals surface area contributed by atoms with Crippen LogP contribution in [0.15, 0.2) is 18.2 Å². The molecular weight excluding hydrogens is 245 g/mol. The minimum absolute atomic E-state index is 0.110. The van der Waals surface area contributed by atoms with E-state index in [0.717, 1.165) is 19.3 Å². The van der Waals surface area contributed by atoms with E-state index in [1.165, 1.54) is 6.07 Å². The molecule has 1 unspecified atom stereocenters. The first-order chi connectivity index (χ1) is 9.06. The zero-order valence-corrected chi connectivity index (χ0v) is 12.0. The average Bonchev–Trinajstić information content (AvgIpc) is 2.44. The number of likely N-dealkylation sites (N-methyl/N-ethyl adjacent to an activating group) is 1. The molecule has 4 heteroatoms. The molecule has 0 aliphatic carbocycles. The number of aliphatic hydroxyl groups is 1. The van der Waals surface area contributed by atoms with E-state index in [0.29, 0.717) is 17.9 Å². The van der Waals surface area contributed by atoms with Crippen LogP contribution in [0.5, 0.6) is 5.75 Å². The topological polar surface area (TPSA) is 41.5 Å². The van der Waals surface area contributed by atoms with E-state index in [9.17, 15) is 9.50 Å². The standard InChI is InChI=1S/C15H24FNO2/c1-4-15(11-18,17-3)8-5-9-19-13-7-6-12(2)14(16)10-13/h6-7,10,17-18H,4-5,8-9,11H2,1-3H3. The molecule has 0 radical (unpaired) electrons. The van der Waals surface area contributed by atoms with Gasteiger partial charge in [0.1, 0.15) is 11.6 Å². The molecule has 2 N–H and O–H groups in total. The van der Waals surface area contributed by atoms with Gasteiger partial charge in [-0.05, 0) is 44.9 Å². The molecule has 108 valence electrons. The molecule has 0 spiro atoms. The van der Waals surface area contributed by atoms with Gasteiger partial charge < -0.3 is 15.2 Å². The highest BCUT2D eigenvalue weighted by atomic mass is 19.1. The number of benzene rings is 1. The molecule has 0 heterocycles.